The highest BCUT2D eigenvalue weighted by Gasteiger charge is 2.17. The first kappa shape index (κ1) is 22.0. The number of rotatable bonds is 7. The van der Waals surface area contributed by atoms with Crippen LogP contribution in [0.4, 0.5) is 0 Å². The number of fused-ring (bicyclic) bond motifs is 1. The van der Waals surface area contributed by atoms with Crippen molar-refractivity contribution in [1.82, 2.24) is 14.5 Å². The lowest BCUT2D eigenvalue weighted by molar-refractivity contribution is 0.0368. The molecule has 3 aromatic rings. The van der Waals surface area contributed by atoms with Crippen molar-refractivity contribution >= 4 is 49.2 Å². The fourth-order valence-electron chi connectivity index (χ4n) is 3.62. The van der Waals surface area contributed by atoms with Crippen molar-refractivity contribution in [1.29, 1.82) is 0 Å². The van der Waals surface area contributed by atoms with Gasteiger partial charge in [-0.05, 0) is 43.5 Å². The number of benzene rings is 1. The first-order valence-electron chi connectivity index (χ1n) is 10.2. The Bertz CT molecular complexity index is 1070. The predicted octanol–water partition coefficient (Wildman–Crippen LogP) is 4.85. The van der Waals surface area contributed by atoms with Crippen LogP contribution in [0.5, 0.6) is 0 Å². The van der Waals surface area contributed by atoms with E-state index in [1.165, 1.54) is 10.4 Å². The second-order valence-corrected chi connectivity index (χ2v) is 10.6. The molecule has 1 aliphatic heterocycles. The normalized spacial score (nSPS) is 15.2. The van der Waals surface area contributed by atoms with E-state index in [9.17, 15) is 4.79 Å². The molecule has 1 saturated heterocycles. The van der Waals surface area contributed by atoms with Crippen LogP contribution < -0.4 is 5.56 Å². The monoisotopic (exact) mass is 507 g/mol. The van der Waals surface area contributed by atoms with Gasteiger partial charge in [-0.15, -0.1) is 11.3 Å². The van der Waals surface area contributed by atoms with Gasteiger partial charge >= 0.3 is 0 Å². The summed E-state index contributed by atoms with van der Waals surface area (Å²) >= 11 is 6.75. The smallest absolute Gasteiger partial charge is 0.263 e. The third-order valence-electron chi connectivity index (χ3n) is 5.49. The van der Waals surface area contributed by atoms with Crippen molar-refractivity contribution in [3.63, 3.8) is 0 Å². The van der Waals surface area contributed by atoms with Crippen LogP contribution in [0, 0.1) is 13.8 Å². The Kier molecular flexibility index (Phi) is 7.31. The van der Waals surface area contributed by atoms with Crippen molar-refractivity contribution in [3.8, 4) is 0 Å². The van der Waals surface area contributed by atoms with E-state index >= 15 is 0 Å². The maximum absolute atomic E-state index is 13.4. The van der Waals surface area contributed by atoms with Gasteiger partial charge in [0.15, 0.2) is 5.16 Å². The minimum Gasteiger partial charge on any atom is -0.379 e. The highest BCUT2D eigenvalue weighted by molar-refractivity contribution is 9.10. The zero-order valence-electron chi connectivity index (χ0n) is 17.3. The molecule has 1 fully saturated rings. The highest BCUT2D eigenvalue weighted by atomic mass is 79.9. The molecule has 8 heteroatoms. The lowest BCUT2D eigenvalue weighted by Gasteiger charge is -2.26. The number of aryl methyl sites for hydroxylation is 2. The highest BCUT2D eigenvalue weighted by Crippen LogP contribution is 2.29. The van der Waals surface area contributed by atoms with Crippen molar-refractivity contribution in [3.05, 3.63) is 55.1 Å². The maximum atomic E-state index is 13.4. The number of thiophene rings is 1. The van der Waals surface area contributed by atoms with Gasteiger partial charge in [0.05, 0.1) is 18.6 Å². The molecule has 0 amide bonds. The summed E-state index contributed by atoms with van der Waals surface area (Å²) < 4.78 is 8.40. The van der Waals surface area contributed by atoms with E-state index in [-0.39, 0.29) is 5.56 Å². The molecule has 0 N–H and O–H groups in total. The van der Waals surface area contributed by atoms with Crippen molar-refractivity contribution in [2.24, 2.45) is 0 Å². The Morgan fingerprint density at radius 3 is 2.63 bits per heavy atom. The van der Waals surface area contributed by atoms with E-state index in [2.05, 4.69) is 39.9 Å². The summed E-state index contributed by atoms with van der Waals surface area (Å²) in [7, 11) is 0. The van der Waals surface area contributed by atoms with E-state index < -0.39 is 0 Å². The SMILES string of the molecule is Cc1sc2nc(SCc3ccc(Br)cc3)n(CCCN3CCOCC3)c(=O)c2c1C. The van der Waals surface area contributed by atoms with E-state index in [1.807, 2.05) is 23.6 Å². The van der Waals surface area contributed by atoms with Gasteiger partial charge in [-0.1, -0.05) is 39.8 Å². The minimum absolute atomic E-state index is 0.0992. The summed E-state index contributed by atoms with van der Waals surface area (Å²) in [5.41, 5.74) is 2.39. The zero-order valence-corrected chi connectivity index (χ0v) is 20.5. The molecule has 4 rings (SSSR count). The van der Waals surface area contributed by atoms with Crippen LogP contribution in [0.1, 0.15) is 22.4 Å². The first-order chi connectivity index (χ1) is 14.5. The summed E-state index contributed by atoms with van der Waals surface area (Å²) in [5.74, 6) is 0.790. The molecular weight excluding hydrogens is 482 g/mol. The lowest BCUT2D eigenvalue weighted by Crippen LogP contribution is -2.37. The quantitative estimate of drug-likeness (QED) is 0.337. The van der Waals surface area contributed by atoms with Gasteiger partial charge in [0, 0.05) is 41.3 Å². The van der Waals surface area contributed by atoms with E-state index in [4.69, 9.17) is 9.72 Å². The number of halogens is 1. The fourth-order valence-corrected chi connectivity index (χ4v) is 5.94. The van der Waals surface area contributed by atoms with Crippen LogP contribution in [0.15, 0.2) is 38.7 Å². The van der Waals surface area contributed by atoms with Crippen molar-refractivity contribution < 1.29 is 4.74 Å². The predicted molar refractivity (Wildman–Crippen MR) is 129 cm³/mol. The number of hydrogen-bond donors (Lipinski definition) is 0. The average molecular weight is 509 g/mol. The van der Waals surface area contributed by atoms with E-state index in [0.717, 1.165) is 70.4 Å². The molecule has 1 aromatic carbocycles. The molecule has 30 heavy (non-hydrogen) atoms. The molecule has 0 saturated carbocycles. The minimum atomic E-state index is 0.0992. The molecule has 0 spiro atoms. The second-order valence-electron chi connectivity index (χ2n) is 7.54. The summed E-state index contributed by atoms with van der Waals surface area (Å²) in [6, 6.07) is 8.31. The standard InChI is InChI=1S/C22H26BrN3O2S2/c1-15-16(2)30-20-19(15)21(27)26(9-3-8-25-10-12-28-13-11-25)22(24-20)29-14-17-4-6-18(23)7-5-17/h4-7H,3,8-14H2,1-2H3. The Morgan fingerprint density at radius 1 is 1.17 bits per heavy atom. The van der Waals surface area contributed by atoms with Gasteiger partial charge in [0.2, 0.25) is 0 Å². The zero-order chi connectivity index (χ0) is 21.1. The fraction of sp³-hybridized carbons (Fsp3) is 0.455. The number of aromatic nitrogens is 2. The number of thioether (sulfide) groups is 1. The molecule has 0 atom stereocenters. The van der Waals surface area contributed by atoms with Crippen LogP contribution >= 0.6 is 39.0 Å². The molecule has 1 aliphatic rings. The Labute approximate surface area is 193 Å². The molecule has 160 valence electrons. The number of nitrogens with zero attached hydrogens (tertiary/aromatic N) is 3. The second kappa shape index (κ2) is 9.96. The van der Waals surface area contributed by atoms with E-state index in [1.54, 1.807) is 23.1 Å². The Morgan fingerprint density at radius 2 is 1.90 bits per heavy atom. The molecule has 3 heterocycles. The first-order valence-corrected chi connectivity index (χ1v) is 12.8. The third-order valence-corrected chi connectivity index (χ3v) is 8.17. The van der Waals surface area contributed by atoms with Crippen LogP contribution in [0.3, 0.4) is 0 Å². The molecule has 2 aromatic heterocycles. The number of hydrogen-bond acceptors (Lipinski definition) is 6. The summed E-state index contributed by atoms with van der Waals surface area (Å²) in [6.07, 6.45) is 0.932. The van der Waals surface area contributed by atoms with Gasteiger partial charge in [-0.3, -0.25) is 14.3 Å². The summed E-state index contributed by atoms with van der Waals surface area (Å²) in [5, 5.41) is 1.61. The van der Waals surface area contributed by atoms with Crippen LogP contribution in [0.2, 0.25) is 0 Å². The molecular formula is C22H26BrN3O2S2. The van der Waals surface area contributed by atoms with Crippen LogP contribution in [-0.4, -0.2) is 47.3 Å². The molecule has 0 unspecified atom stereocenters. The summed E-state index contributed by atoms with van der Waals surface area (Å²) in [6.45, 7) is 9.32. The molecule has 0 bridgehead atoms. The van der Waals surface area contributed by atoms with E-state index in [0.29, 0.717) is 6.54 Å². The molecule has 5 nitrogen and oxygen atoms in total. The van der Waals surface area contributed by atoms with Gasteiger partial charge in [-0.2, -0.15) is 0 Å². The van der Waals surface area contributed by atoms with Gasteiger partial charge in [0.1, 0.15) is 4.83 Å². The number of ether oxygens (including phenoxy) is 1. The van der Waals surface area contributed by atoms with Crippen LogP contribution in [0.25, 0.3) is 10.2 Å². The van der Waals surface area contributed by atoms with Gasteiger partial charge < -0.3 is 4.74 Å². The summed E-state index contributed by atoms with van der Waals surface area (Å²) in [4.78, 5) is 22.8. The Balaban J connectivity index is 1.58. The van der Waals surface area contributed by atoms with Crippen molar-refractivity contribution in [2.75, 3.05) is 32.8 Å². The average Bonchev–Trinajstić information content (AvgIpc) is 3.04. The lowest BCUT2D eigenvalue weighted by atomic mass is 10.2. The third kappa shape index (κ3) is 4.99. The van der Waals surface area contributed by atoms with Gasteiger partial charge in [-0.25, -0.2) is 4.98 Å². The van der Waals surface area contributed by atoms with Gasteiger partial charge in [0.25, 0.3) is 5.56 Å². The van der Waals surface area contributed by atoms with Crippen molar-refractivity contribution in [2.45, 2.75) is 37.7 Å². The Hall–Kier alpha value is -1.19. The molecule has 0 radical (unpaired) electrons. The largest absolute Gasteiger partial charge is 0.379 e. The topological polar surface area (TPSA) is 47.4 Å². The maximum Gasteiger partial charge on any atom is 0.263 e. The number of morpholine rings is 1. The van der Waals surface area contributed by atoms with Crippen LogP contribution in [-0.2, 0) is 17.0 Å². The molecule has 0 aliphatic carbocycles.